The summed E-state index contributed by atoms with van der Waals surface area (Å²) in [6.07, 6.45) is 0. The molecule has 0 saturated heterocycles. The summed E-state index contributed by atoms with van der Waals surface area (Å²) in [6, 6.07) is 51.3. The van der Waals surface area contributed by atoms with Crippen LogP contribution in [-0.2, 0) is 10.8 Å². The Morgan fingerprint density at radius 1 is 0.490 bits per heavy atom. The average Bonchev–Trinajstić information content (AvgIpc) is 3.50. The Kier molecular flexibility index (Phi) is 5.51. The topological polar surface area (TPSA) is 27.0 Å². The molecule has 232 valence electrons. The number of fused-ring (bicyclic) bond motifs is 7. The third-order valence-corrected chi connectivity index (χ3v) is 11.6. The fourth-order valence-corrected chi connectivity index (χ4v) is 9.19. The number of anilines is 3. The van der Waals surface area contributed by atoms with E-state index < -0.39 is 0 Å². The van der Waals surface area contributed by atoms with E-state index in [9.17, 15) is 5.26 Å². The quantitative estimate of drug-likeness (QED) is 0.182. The molecule has 0 saturated carbocycles. The van der Waals surface area contributed by atoms with Crippen LogP contribution in [0.3, 0.4) is 0 Å². The van der Waals surface area contributed by atoms with Gasteiger partial charge in [0.2, 0.25) is 0 Å². The van der Waals surface area contributed by atoms with Crippen molar-refractivity contribution < 1.29 is 0 Å². The molecule has 2 nitrogen and oxygen atoms in total. The Balaban J connectivity index is 1.26. The maximum Gasteiger partial charge on any atom is 0.0991 e. The lowest BCUT2D eigenvalue weighted by Gasteiger charge is -2.29. The highest BCUT2D eigenvalue weighted by molar-refractivity contribution is 6.28. The first-order valence-corrected chi connectivity index (χ1v) is 17.2. The van der Waals surface area contributed by atoms with Gasteiger partial charge in [-0.2, -0.15) is 5.26 Å². The molecule has 0 N–H and O–H groups in total. The van der Waals surface area contributed by atoms with Crippen LogP contribution in [-0.4, -0.2) is 0 Å². The number of benzene rings is 8. The molecule has 2 heteroatoms. The minimum absolute atomic E-state index is 0.0608. The third kappa shape index (κ3) is 3.65. The molecule has 49 heavy (non-hydrogen) atoms. The third-order valence-electron chi connectivity index (χ3n) is 11.6. The van der Waals surface area contributed by atoms with Gasteiger partial charge in [-0.15, -0.1) is 0 Å². The number of hydrogen-bond donors (Lipinski definition) is 0. The minimum Gasteiger partial charge on any atom is -0.310 e. The molecule has 0 atom stereocenters. The van der Waals surface area contributed by atoms with Gasteiger partial charge in [0.25, 0.3) is 0 Å². The Hall–Kier alpha value is -5.91. The summed E-state index contributed by atoms with van der Waals surface area (Å²) in [4.78, 5) is 2.38. The van der Waals surface area contributed by atoms with Crippen LogP contribution < -0.4 is 4.90 Å². The van der Waals surface area contributed by atoms with Crippen molar-refractivity contribution in [1.29, 1.82) is 5.26 Å². The summed E-state index contributed by atoms with van der Waals surface area (Å²) in [6.45, 7) is 9.37. The maximum atomic E-state index is 9.64. The standard InChI is InChI=1S/C47H34N2/c1-46(2)38-11-7-5-9-33(38)37-26-32(20-23-40(37)46)49(31-18-13-28(27-48)14-19-31)42-24-17-29-15-16-30-25-41-45(36-22-21-35(42)43(29)44(30)36)34-10-6-8-12-39(34)47(41,3)4/h5-26H,1-4H3. The summed E-state index contributed by atoms with van der Waals surface area (Å²) in [5.41, 5.74) is 14.6. The van der Waals surface area contributed by atoms with Gasteiger partial charge in [-0.3, -0.25) is 0 Å². The molecule has 8 aromatic rings. The Morgan fingerprint density at radius 3 is 1.86 bits per heavy atom. The Morgan fingerprint density at radius 2 is 1.08 bits per heavy atom. The molecule has 0 fully saturated rings. The van der Waals surface area contributed by atoms with E-state index in [1.807, 2.05) is 12.1 Å². The van der Waals surface area contributed by atoms with Crippen molar-refractivity contribution in [2.24, 2.45) is 0 Å². The molecule has 2 aliphatic rings. The van der Waals surface area contributed by atoms with E-state index in [4.69, 9.17) is 0 Å². The van der Waals surface area contributed by atoms with E-state index >= 15 is 0 Å². The zero-order chi connectivity index (χ0) is 33.2. The molecule has 0 bridgehead atoms. The molecule has 0 amide bonds. The zero-order valence-corrected chi connectivity index (χ0v) is 28.1. The maximum absolute atomic E-state index is 9.64. The summed E-state index contributed by atoms with van der Waals surface area (Å²) >= 11 is 0. The summed E-state index contributed by atoms with van der Waals surface area (Å²) in [7, 11) is 0. The molecule has 10 rings (SSSR count). The molecule has 0 aliphatic heterocycles. The molecule has 0 unspecified atom stereocenters. The Bertz CT molecular complexity index is 2720. The highest BCUT2D eigenvalue weighted by Crippen LogP contribution is 2.55. The second-order valence-electron chi connectivity index (χ2n) is 14.9. The molecular formula is C47H34N2. The molecule has 0 spiro atoms. The molecular weight excluding hydrogens is 593 g/mol. The lowest BCUT2D eigenvalue weighted by molar-refractivity contribution is 0.660. The first-order chi connectivity index (χ1) is 23.8. The normalized spacial score (nSPS) is 14.8. The molecule has 8 aromatic carbocycles. The summed E-state index contributed by atoms with van der Waals surface area (Å²) in [5.74, 6) is 0. The molecule has 0 aromatic heterocycles. The van der Waals surface area contributed by atoms with E-state index in [0.717, 1.165) is 17.1 Å². The van der Waals surface area contributed by atoms with Crippen molar-refractivity contribution in [3.63, 3.8) is 0 Å². The largest absolute Gasteiger partial charge is 0.310 e. The van der Waals surface area contributed by atoms with E-state index in [2.05, 4.69) is 160 Å². The highest BCUT2D eigenvalue weighted by atomic mass is 15.1. The summed E-state index contributed by atoms with van der Waals surface area (Å²) < 4.78 is 0. The number of rotatable bonds is 3. The van der Waals surface area contributed by atoms with Crippen molar-refractivity contribution in [3.8, 4) is 28.3 Å². The van der Waals surface area contributed by atoms with Crippen molar-refractivity contribution in [1.82, 2.24) is 0 Å². The van der Waals surface area contributed by atoms with Crippen LogP contribution in [0.5, 0.6) is 0 Å². The van der Waals surface area contributed by atoms with Gasteiger partial charge in [0.1, 0.15) is 0 Å². The monoisotopic (exact) mass is 626 g/mol. The first kappa shape index (κ1) is 28.1. The second-order valence-corrected chi connectivity index (χ2v) is 14.9. The van der Waals surface area contributed by atoms with Gasteiger partial charge < -0.3 is 4.90 Å². The van der Waals surface area contributed by atoms with Gasteiger partial charge in [0.15, 0.2) is 0 Å². The van der Waals surface area contributed by atoms with Crippen molar-refractivity contribution >= 4 is 49.4 Å². The molecule has 2 aliphatic carbocycles. The predicted molar refractivity (Wildman–Crippen MR) is 205 cm³/mol. The molecule has 0 radical (unpaired) electrons. The number of nitrogens with zero attached hydrogens (tertiary/aromatic N) is 2. The van der Waals surface area contributed by atoms with Gasteiger partial charge >= 0.3 is 0 Å². The van der Waals surface area contributed by atoms with Crippen LogP contribution >= 0.6 is 0 Å². The molecule has 0 heterocycles. The van der Waals surface area contributed by atoms with Crippen molar-refractivity contribution in [2.75, 3.05) is 4.90 Å². The first-order valence-electron chi connectivity index (χ1n) is 17.2. The SMILES string of the molecule is CC1(C)c2ccccc2-c2cc(N(c3ccc(C#N)cc3)c3ccc4ccc5cc6c(c7ccc3c4c57)-c3ccccc3C6(C)C)ccc21. The number of nitriles is 1. The lowest BCUT2D eigenvalue weighted by atomic mass is 9.80. The lowest BCUT2D eigenvalue weighted by Crippen LogP contribution is -2.15. The van der Waals surface area contributed by atoms with Crippen molar-refractivity contribution in [2.45, 2.75) is 38.5 Å². The van der Waals surface area contributed by atoms with Gasteiger partial charge in [-0.05, 0) is 120 Å². The van der Waals surface area contributed by atoms with Crippen LogP contribution in [0.2, 0.25) is 0 Å². The van der Waals surface area contributed by atoms with Crippen LogP contribution in [0.4, 0.5) is 17.1 Å². The predicted octanol–water partition coefficient (Wildman–Crippen LogP) is 12.5. The van der Waals surface area contributed by atoms with Gasteiger partial charge in [0.05, 0.1) is 17.3 Å². The van der Waals surface area contributed by atoms with Gasteiger partial charge in [-0.1, -0.05) is 113 Å². The van der Waals surface area contributed by atoms with Crippen LogP contribution in [0, 0.1) is 11.3 Å². The smallest absolute Gasteiger partial charge is 0.0991 e. The van der Waals surface area contributed by atoms with Crippen LogP contribution in [0.1, 0.15) is 55.5 Å². The highest BCUT2D eigenvalue weighted by Gasteiger charge is 2.38. The Labute approximate surface area is 286 Å². The zero-order valence-electron chi connectivity index (χ0n) is 28.1. The van der Waals surface area contributed by atoms with E-state index in [-0.39, 0.29) is 10.8 Å². The summed E-state index contributed by atoms with van der Waals surface area (Å²) in [5, 5.41) is 17.3. The van der Waals surface area contributed by atoms with Gasteiger partial charge in [0, 0.05) is 27.6 Å². The minimum atomic E-state index is -0.0653. The van der Waals surface area contributed by atoms with Crippen molar-refractivity contribution in [3.05, 3.63) is 161 Å². The van der Waals surface area contributed by atoms with Crippen LogP contribution in [0.25, 0.3) is 54.6 Å². The van der Waals surface area contributed by atoms with Gasteiger partial charge in [-0.25, -0.2) is 0 Å². The fraction of sp³-hybridized carbons (Fsp3) is 0.128. The van der Waals surface area contributed by atoms with E-state index in [1.165, 1.54) is 76.8 Å². The van der Waals surface area contributed by atoms with Crippen LogP contribution in [0.15, 0.2) is 133 Å². The second kappa shape index (κ2) is 9.59. The average molecular weight is 627 g/mol. The van der Waals surface area contributed by atoms with E-state index in [1.54, 1.807) is 0 Å². The fourth-order valence-electron chi connectivity index (χ4n) is 9.19. The van der Waals surface area contributed by atoms with E-state index in [0.29, 0.717) is 5.56 Å². The number of hydrogen-bond acceptors (Lipinski definition) is 2.